The second-order valence-electron chi connectivity index (χ2n) is 4.70. The molecule has 1 aromatic carbocycles. The molecule has 92 valence electrons. The van der Waals surface area contributed by atoms with Gasteiger partial charge in [0.05, 0.1) is 16.8 Å². The van der Waals surface area contributed by atoms with Crippen LogP contribution in [0, 0.1) is 0 Å². The molecule has 0 aliphatic heterocycles. The van der Waals surface area contributed by atoms with Crippen LogP contribution in [0.15, 0.2) is 24.3 Å². The summed E-state index contributed by atoms with van der Waals surface area (Å²) in [6.07, 6.45) is 2.14. The minimum atomic E-state index is -0.628. The minimum Gasteiger partial charge on any atom is -0.390 e. The first-order valence-electron chi connectivity index (χ1n) is 6.22. The van der Waals surface area contributed by atoms with E-state index in [-0.39, 0.29) is 0 Å². The molecule has 2 rings (SSSR count). The van der Waals surface area contributed by atoms with Crippen molar-refractivity contribution in [2.45, 2.75) is 38.7 Å². The Labute approximate surface area is 102 Å². The van der Waals surface area contributed by atoms with E-state index in [2.05, 4.69) is 17.2 Å². The number of aryl methyl sites for hydroxylation is 1. The maximum Gasteiger partial charge on any atom is 0.0731 e. The minimum absolute atomic E-state index is 0.626. The van der Waals surface area contributed by atoms with Crippen molar-refractivity contribution in [3.05, 3.63) is 30.0 Å². The SMILES string of the molecule is CCC(O)(CC)Cc1nn(C)c2ccccc12. The third-order valence-corrected chi connectivity index (χ3v) is 3.65. The molecule has 1 N–H and O–H groups in total. The Balaban J connectivity index is 2.43. The van der Waals surface area contributed by atoms with Crippen molar-refractivity contribution >= 4 is 10.9 Å². The van der Waals surface area contributed by atoms with Gasteiger partial charge in [-0.1, -0.05) is 32.0 Å². The van der Waals surface area contributed by atoms with Crippen molar-refractivity contribution in [2.75, 3.05) is 0 Å². The molecule has 0 aliphatic carbocycles. The smallest absolute Gasteiger partial charge is 0.0731 e. The lowest BCUT2D eigenvalue weighted by molar-refractivity contribution is 0.0319. The number of hydrogen-bond donors (Lipinski definition) is 1. The van der Waals surface area contributed by atoms with Crippen LogP contribution in [0.25, 0.3) is 10.9 Å². The molecule has 0 atom stereocenters. The Hall–Kier alpha value is -1.35. The van der Waals surface area contributed by atoms with Crippen LogP contribution < -0.4 is 0 Å². The number of benzene rings is 1. The van der Waals surface area contributed by atoms with Crippen LogP contribution in [0.2, 0.25) is 0 Å². The summed E-state index contributed by atoms with van der Waals surface area (Å²) in [5, 5.41) is 16.1. The van der Waals surface area contributed by atoms with E-state index in [1.54, 1.807) is 0 Å². The van der Waals surface area contributed by atoms with Gasteiger partial charge in [0.15, 0.2) is 0 Å². The number of fused-ring (bicyclic) bond motifs is 1. The first kappa shape index (κ1) is 12.1. The van der Waals surface area contributed by atoms with Crippen LogP contribution in [-0.4, -0.2) is 20.5 Å². The molecule has 0 bridgehead atoms. The number of aromatic nitrogens is 2. The summed E-state index contributed by atoms with van der Waals surface area (Å²) in [6.45, 7) is 4.04. The number of rotatable bonds is 4. The largest absolute Gasteiger partial charge is 0.390 e. The van der Waals surface area contributed by atoms with Crippen LogP contribution in [-0.2, 0) is 13.5 Å². The number of para-hydroxylation sites is 1. The molecule has 1 heterocycles. The third kappa shape index (κ3) is 2.20. The quantitative estimate of drug-likeness (QED) is 0.880. The Bertz CT molecular complexity index is 512. The highest BCUT2D eigenvalue weighted by Crippen LogP contribution is 2.25. The monoisotopic (exact) mass is 232 g/mol. The fourth-order valence-corrected chi connectivity index (χ4v) is 2.23. The summed E-state index contributed by atoms with van der Waals surface area (Å²) in [6, 6.07) is 8.16. The summed E-state index contributed by atoms with van der Waals surface area (Å²) in [7, 11) is 1.95. The molecule has 1 aromatic heterocycles. The topological polar surface area (TPSA) is 38.1 Å². The van der Waals surface area contributed by atoms with Crippen LogP contribution in [0.1, 0.15) is 32.4 Å². The fraction of sp³-hybridized carbons (Fsp3) is 0.500. The molecule has 0 saturated carbocycles. The molecule has 0 spiro atoms. The Morgan fingerprint density at radius 3 is 2.53 bits per heavy atom. The first-order valence-corrected chi connectivity index (χ1v) is 6.22. The van der Waals surface area contributed by atoms with E-state index in [1.165, 1.54) is 0 Å². The summed E-state index contributed by atoms with van der Waals surface area (Å²) in [5.41, 5.74) is 1.49. The summed E-state index contributed by atoms with van der Waals surface area (Å²) in [5.74, 6) is 0. The van der Waals surface area contributed by atoms with Crippen molar-refractivity contribution in [3.8, 4) is 0 Å². The fourth-order valence-electron chi connectivity index (χ4n) is 2.23. The van der Waals surface area contributed by atoms with Gasteiger partial charge in [0.2, 0.25) is 0 Å². The predicted octanol–water partition coefficient (Wildman–Crippen LogP) is 2.67. The Morgan fingerprint density at radius 1 is 1.24 bits per heavy atom. The maximum atomic E-state index is 10.4. The molecule has 0 fully saturated rings. The second kappa shape index (κ2) is 4.49. The van der Waals surface area contributed by atoms with Crippen molar-refractivity contribution in [1.82, 2.24) is 9.78 Å². The second-order valence-corrected chi connectivity index (χ2v) is 4.70. The van der Waals surface area contributed by atoms with Crippen molar-refractivity contribution in [1.29, 1.82) is 0 Å². The summed E-state index contributed by atoms with van der Waals surface area (Å²) >= 11 is 0. The molecule has 0 aliphatic rings. The van der Waals surface area contributed by atoms with E-state index in [1.807, 2.05) is 37.7 Å². The van der Waals surface area contributed by atoms with Crippen molar-refractivity contribution < 1.29 is 5.11 Å². The van der Waals surface area contributed by atoms with Crippen molar-refractivity contribution in [2.24, 2.45) is 7.05 Å². The normalized spacial score (nSPS) is 12.2. The van der Waals surface area contributed by atoms with Gasteiger partial charge < -0.3 is 5.11 Å². The molecule has 17 heavy (non-hydrogen) atoms. The van der Waals surface area contributed by atoms with Gasteiger partial charge in [-0.05, 0) is 18.9 Å². The molecule has 0 amide bonds. The van der Waals surface area contributed by atoms with Gasteiger partial charge in [0.1, 0.15) is 0 Å². The molecule has 0 unspecified atom stereocenters. The van der Waals surface area contributed by atoms with Crippen LogP contribution >= 0.6 is 0 Å². The number of hydrogen-bond acceptors (Lipinski definition) is 2. The summed E-state index contributed by atoms with van der Waals surface area (Å²) in [4.78, 5) is 0. The van der Waals surface area contributed by atoms with Gasteiger partial charge in [-0.2, -0.15) is 5.10 Å². The highest BCUT2D eigenvalue weighted by molar-refractivity contribution is 5.81. The highest BCUT2D eigenvalue weighted by Gasteiger charge is 2.25. The zero-order valence-electron chi connectivity index (χ0n) is 10.8. The van der Waals surface area contributed by atoms with Gasteiger partial charge in [-0.25, -0.2) is 0 Å². The van der Waals surface area contributed by atoms with Gasteiger partial charge in [-0.3, -0.25) is 4.68 Å². The molecule has 3 heteroatoms. The van der Waals surface area contributed by atoms with E-state index < -0.39 is 5.60 Å². The molecule has 2 aromatic rings. The molecular formula is C14H20N2O. The van der Waals surface area contributed by atoms with E-state index in [0.29, 0.717) is 6.42 Å². The lowest BCUT2D eigenvalue weighted by Crippen LogP contribution is -2.29. The molecular weight excluding hydrogens is 212 g/mol. The van der Waals surface area contributed by atoms with Gasteiger partial charge in [0, 0.05) is 18.9 Å². The van der Waals surface area contributed by atoms with Crippen molar-refractivity contribution in [3.63, 3.8) is 0 Å². The summed E-state index contributed by atoms with van der Waals surface area (Å²) < 4.78 is 1.89. The number of aliphatic hydroxyl groups is 1. The lowest BCUT2D eigenvalue weighted by atomic mass is 9.91. The zero-order chi connectivity index (χ0) is 12.5. The highest BCUT2D eigenvalue weighted by atomic mass is 16.3. The maximum absolute atomic E-state index is 10.4. The van der Waals surface area contributed by atoms with Crippen LogP contribution in [0.4, 0.5) is 0 Å². The van der Waals surface area contributed by atoms with Crippen LogP contribution in [0.3, 0.4) is 0 Å². The zero-order valence-corrected chi connectivity index (χ0v) is 10.8. The van der Waals surface area contributed by atoms with Gasteiger partial charge >= 0.3 is 0 Å². The van der Waals surface area contributed by atoms with E-state index in [4.69, 9.17) is 0 Å². The van der Waals surface area contributed by atoms with E-state index in [0.717, 1.165) is 29.4 Å². The standard InChI is InChI=1S/C14H20N2O/c1-4-14(17,5-2)10-12-11-8-6-7-9-13(11)16(3)15-12/h6-9,17H,4-5,10H2,1-3H3. The van der Waals surface area contributed by atoms with Gasteiger partial charge in [-0.15, -0.1) is 0 Å². The van der Waals surface area contributed by atoms with Gasteiger partial charge in [0.25, 0.3) is 0 Å². The average molecular weight is 232 g/mol. The molecule has 0 radical (unpaired) electrons. The third-order valence-electron chi connectivity index (χ3n) is 3.65. The molecule has 3 nitrogen and oxygen atoms in total. The van der Waals surface area contributed by atoms with E-state index >= 15 is 0 Å². The van der Waals surface area contributed by atoms with E-state index in [9.17, 15) is 5.11 Å². The lowest BCUT2D eigenvalue weighted by Gasteiger charge is -2.24. The average Bonchev–Trinajstić information content (AvgIpc) is 2.67. The molecule has 0 saturated heterocycles. The van der Waals surface area contributed by atoms with Crippen LogP contribution in [0.5, 0.6) is 0 Å². The predicted molar refractivity (Wildman–Crippen MR) is 69.9 cm³/mol. The first-order chi connectivity index (χ1) is 8.09. The number of nitrogens with zero attached hydrogens (tertiary/aromatic N) is 2. The Morgan fingerprint density at radius 2 is 1.88 bits per heavy atom. The Kier molecular flexibility index (Phi) is 3.20.